The Bertz CT molecular complexity index is 483. The minimum Gasteiger partial charge on any atom is -0.370 e. The Hall–Kier alpha value is -1.77. The minimum absolute atomic E-state index is 0.0577. The maximum atomic E-state index is 13.2. The smallest absolute Gasteiger partial charge is 0.370 e. The molecule has 1 aromatic carbocycles. The van der Waals surface area contributed by atoms with Crippen LogP contribution in [0.25, 0.3) is 0 Å². The summed E-state index contributed by atoms with van der Waals surface area (Å²) in [6.45, 7) is 0. The molecule has 2 rings (SSSR count). The van der Waals surface area contributed by atoms with Gasteiger partial charge in [0.25, 0.3) is 0 Å². The summed E-state index contributed by atoms with van der Waals surface area (Å²) in [5.41, 5.74) is -2.49. The summed E-state index contributed by atoms with van der Waals surface area (Å²) in [6, 6.07) is 5.14. The standard InChI is InChI=1S/C11H8F4N2/c12-8-2-1-3-9(7(8)6-16)17-10(4-5-10)11(13,14)15/h1-3,17H,4-5H2. The number of benzene rings is 1. The fraction of sp³-hybridized carbons (Fsp3) is 0.364. The maximum absolute atomic E-state index is 13.2. The van der Waals surface area contributed by atoms with Crippen LogP contribution in [0.5, 0.6) is 0 Å². The van der Waals surface area contributed by atoms with E-state index in [-0.39, 0.29) is 24.1 Å². The van der Waals surface area contributed by atoms with Gasteiger partial charge in [0.2, 0.25) is 0 Å². The SMILES string of the molecule is N#Cc1c(F)cccc1NC1(C(F)(F)F)CC1. The van der Waals surface area contributed by atoms with Crippen LogP contribution in [0.1, 0.15) is 18.4 Å². The second kappa shape index (κ2) is 3.62. The molecular weight excluding hydrogens is 236 g/mol. The van der Waals surface area contributed by atoms with Crippen molar-refractivity contribution in [3.63, 3.8) is 0 Å². The molecule has 6 heteroatoms. The lowest BCUT2D eigenvalue weighted by Crippen LogP contribution is -2.38. The highest BCUT2D eigenvalue weighted by atomic mass is 19.4. The largest absolute Gasteiger partial charge is 0.411 e. The molecule has 0 aliphatic heterocycles. The third-order valence-corrected chi connectivity index (χ3v) is 2.79. The maximum Gasteiger partial charge on any atom is 0.411 e. The summed E-state index contributed by atoms with van der Waals surface area (Å²) >= 11 is 0. The number of nitrogens with zero attached hydrogens (tertiary/aromatic N) is 1. The van der Waals surface area contributed by atoms with E-state index in [0.29, 0.717) is 0 Å². The Morgan fingerprint density at radius 3 is 2.41 bits per heavy atom. The van der Waals surface area contributed by atoms with Gasteiger partial charge >= 0.3 is 6.18 Å². The zero-order chi connectivity index (χ0) is 12.7. The lowest BCUT2D eigenvalue weighted by Gasteiger charge is -2.22. The van der Waals surface area contributed by atoms with E-state index in [9.17, 15) is 17.6 Å². The average Bonchev–Trinajstić information content (AvgIpc) is 2.98. The van der Waals surface area contributed by atoms with Gasteiger partial charge < -0.3 is 5.32 Å². The first-order valence-electron chi connectivity index (χ1n) is 4.93. The molecule has 0 amide bonds. The molecule has 1 N–H and O–H groups in total. The first-order chi connectivity index (χ1) is 7.89. The molecule has 0 radical (unpaired) electrons. The second-order valence-corrected chi connectivity index (χ2v) is 3.98. The summed E-state index contributed by atoms with van der Waals surface area (Å²) in [5, 5.41) is 11.0. The Kier molecular flexibility index (Phi) is 2.49. The van der Waals surface area contributed by atoms with Crippen LogP contribution in [-0.4, -0.2) is 11.7 Å². The summed E-state index contributed by atoms with van der Waals surface area (Å²) in [5.74, 6) is -0.824. The van der Waals surface area contributed by atoms with Gasteiger partial charge in [-0.3, -0.25) is 0 Å². The zero-order valence-electron chi connectivity index (χ0n) is 8.61. The van der Waals surface area contributed by atoms with Gasteiger partial charge in [-0.15, -0.1) is 0 Å². The first kappa shape index (κ1) is 11.7. The molecule has 0 saturated heterocycles. The third kappa shape index (κ3) is 1.93. The van der Waals surface area contributed by atoms with Gasteiger partial charge in [0.1, 0.15) is 23.0 Å². The molecule has 0 spiro atoms. The van der Waals surface area contributed by atoms with Crippen molar-refractivity contribution < 1.29 is 17.6 Å². The highest BCUT2D eigenvalue weighted by molar-refractivity contribution is 5.60. The molecule has 0 heterocycles. The fourth-order valence-electron chi connectivity index (χ4n) is 1.60. The summed E-state index contributed by atoms with van der Waals surface area (Å²) in [7, 11) is 0. The molecule has 0 bridgehead atoms. The van der Waals surface area contributed by atoms with Crippen LogP contribution in [-0.2, 0) is 0 Å². The van der Waals surface area contributed by atoms with Crippen molar-refractivity contribution in [3.8, 4) is 6.07 Å². The van der Waals surface area contributed by atoms with Crippen molar-refractivity contribution in [2.45, 2.75) is 24.6 Å². The highest BCUT2D eigenvalue weighted by Crippen LogP contribution is 2.51. The minimum atomic E-state index is -4.40. The number of alkyl halides is 3. The average molecular weight is 244 g/mol. The topological polar surface area (TPSA) is 35.8 Å². The second-order valence-electron chi connectivity index (χ2n) is 3.98. The fourth-order valence-corrected chi connectivity index (χ4v) is 1.60. The van der Waals surface area contributed by atoms with Crippen molar-refractivity contribution in [1.82, 2.24) is 0 Å². The number of halogens is 4. The molecule has 17 heavy (non-hydrogen) atoms. The third-order valence-electron chi connectivity index (χ3n) is 2.79. The number of hydrogen-bond donors (Lipinski definition) is 1. The van der Waals surface area contributed by atoms with Crippen LogP contribution in [0.2, 0.25) is 0 Å². The van der Waals surface area contributed by atoms with E-state index < -0.39 is 17.5 Å². The Morgan fingerprint density at radius 2 is 1.94 bits per heavy atom. The van der Waals surface area contributed by atoms with Gasteiger partial charge in [0.05, 0.1) is 5.69 Å². The van der Waals surface area contributed by atoms with E-state index in [1.54, 1.807) is 6.07 Å². The van der Waals surface area contributed by atoms with Gasteiger partial charge in [-0.25, -0.2) is 4.39 Å². The van der Waals surface area contributed by atoms with Crippen molar-refractivity contribution in [1.29, 1.82) is 5.26 Å². The summed E-state index contributed by atoms with van der Waals surface area (Å²) < 4.78 is 51.2. The van der Waals surface area contributed by atoms with Crippen LogP contribution in [0.4, 0.5) is 23.2 Å². The molecule has 1 fully saturated rings. The number of nitrogens with one attached hydrogen (secondary N) is 1. The molecule has 1 aromatic rings. The van der Waals surface area contributed by atoms with Crippen LogP contribution in [0.3, 0.4) is 0 Å². The van der Waals surface area contributed by atoms with Gasteiger partial charge in [-0.2, -0.15) is 18.4 Å². The van der Waals surface area contributed by atoms with Gasteiger partial charge in [-0.05, 0) is 25.0 Å². The molecular formula is C11H8F4N2. The monoisotopic (exact) mass is 244 g/mol. The molecule has 1 aliphatic carbocycles. The van der Waals surface area contributed by atoms with E-state index in [0.717, 1.165) is 6.07 Å². The van der Waals surface area contributed by atoms with Gasteiger partial charge in [0.15, 0.2) is 0 Å². The lowest BCUT2D eigenvalue weighted by atomic mass is 10.1. The van der Waals surface area contributed by atoms with Crippen molar-refractivity contribution in [2.24, 2.45) is 0 Å². The molecule has 90 valence electrons. The molecule has 0 aromatic heterocycles. The Morgan fingerprint density at radius 1 is 1.29 bits per heavy atom. The number of nitriles is 1. The molecule has 1 saturated carbocycles. The van der Waals surface area contributed by atoms with Crippen molar-refractivity contribution >= 4 is 5.69 Å². The molecule has 1 aliphatic rings. The molecule has 0 atom stereocenters. The first-order valence-corrected chi connectivity index (χ1v) is 4.93. The molecule has 2 nitrogen and oxygen atoms in total. The quantitative estimate of drug-likeness (QED) is 0.811. The van der Waals surface area contributed by atoms with Gasteiger partial charge in [0, 0.05) is 0 Å². The summed E-state index contributed by atoms with van der Waals surface area (Å²) in [6.07, 6.45) is -4.51. The van der Waals surface area contributed by atoms with E-state index in [4.69, 9.17) is 5.26 Å². The Labute approximate surface area is 94.9 Å². The number of rotatable bonds is 2. The van der Waals surface area contributed by atoms with Crippen LogP contribution in [0, 0.1) is 17.1 Å². The van der Waals surface area contributed by atoms with Crippen molar-refractivity contribution in [2.75, 3.05) is 5.32 Å². The van der Waals surface area contributed by atoms with Crippen molar-refractivity contribution in [3.05, 3.63) is 29.6 Å². The predicted molar refractivity (Wildman–Crippen MR) is 52.8 cm³/mol. The number of hydrogen-bond acceptors (Lipinski definition) is 2. The van der Waals surface area contributed by atoms with Crippen LogP contribution in [0.15, 0.2) is 18.2 Å². The van der Waals surface area contributed by atoms with Crippen LogP contribution < -0.4 is 5.32 Å². The van der Waals surface area contributed by atoms with Crippen LogP contribution >= 0.6 is 0 Å². The van der Waals surface area contributed by atoms with Gasteiger partial charge in [-0.1, -0.05) is 6.07 Å². The predicted octanol–water partition coefficient (Wildman–Crippen LogP) is 3.20. The zero-order valence-corrected chi connectivity index (χ0v) is 8.61. The van der Waals surface area contributed by atoms with E-state index in [1.165, 1.54) is 12.1 Å². The summed E-state index contributed by atoms with van der Waals surface area (Å²) in [4.78, 5) is 0. The normalized spacial score (nSPS) is 17.4. The Balaban J connectivity index is 2.33. The highest BCUT2D eigenvalue weighted by Gasteiger charge is 2.63. The van der Waals surface area contributed by atoms with E-state index in [2.05, 4.69) is 5.32 Å². The van der Waals surface area contributed by atoms with E-state index in [1.807, 2.05) is 0 Å². The lowest BCUT2D eigenvalue weighted by molar-refractivity contribution is -0.151. The molecule has 0 unspecified atom stereocenters. The van der Waals surface area contributed by atoms with E-state index >= 15 is 0 Å². The number of anilines is 1.